The Balaban J connectivity index is 1.69. The molecule has 0 amide bonds. The summed E-state index contributed by atoms with van der Waals surface area (Å²) in [5.74, 6) is 1.45. The minimum Gasteiger partial charge on any atom is -0.497 e. The molecule has 0 saturated carbocycles. The van der Waals surface area contributed by atoms with Crippen molar-refractivity contribution < 1.29 is 4.74 Å². The summed E-state index contributed by atoms with van der Waals surface area (Å²) in [6, 6.07) is 11.7. The number of nitrogens with zero attached hydrogens (tertiary/aromatic N) is 4. The van der Waals surface area contributed by atoms with Gasteiger partial charge in [0.25, 0.3) is 0 Å². The average molecular weight is 309 g/mol. The number of hydrogen-bond acceptors (Lipinski definition) is 5. The zero-order valence-electron chi connectivity index (χ0n) is 13.4. The van der Waals surface area contributed by atoms with Crippen LogP contribution >= 0.6 is 0 Å². The molecule has 23 heavy (non-hydrogen) atoms. The summed E-state index contributed by atoms with van der Waals surface area (Å²) < 4.78 is 7.00. The Labute approximate surface area is 135 Å². The molecule has 0 fully saturated rings. The van der Waals surface area contributed by atoms with Crippen molar-refractivity contribution in [3.8, 4) is 11.4 Å². The van der Waals surface area contributed by atoms with Crippen LogP contribution < -0.4 is 10.1 Å². The molecule has 3 rings (SSSR count). The van der Waals surface area contributed by atoms with Crippen LogP contribution in [0, 0.1) is 13.8 Å². The molecular formula is C17H19N5O. The van der Waals surface area contributed by atoms with Crippen molar-refractivity contribution in [2.75, 3.05) is 12.4 Å². The van der Waals surface area contributed by atoms with E-state index in [4.69, 9.17) is 4.74 Å². The fourth-order valence-electron chi connectivity index (χ4n) is 2.31. The van der Waals surface area contributed by atoms with Crippen molar-refractivity contribution in [2.24, 2.45) is 0 Å². The highest BCUT2D eigenvalue weighted by atomic mass is 16.5. The van der Waals surface area contributed by atoms with E-state index in [-0.39, 0.29) is 0 Å². The molecule has 2 heterocycles. The number of aryl methyl sites for hydroxylation is 2. The SMILES string of the molecule is COc1ccc(-n2ccc(CNc3nc(C)cc(C)n3)n2)cc1. The van der Waals surface area contributed by atoms with Crippen molar-refractivity contribution >= 4 is 5.95 Å². The Morgan fingerprint density at radius 1 is 1.04 bits per heavy atom. The summed E-state index contributed by atoms with van der Waals surface area (Å²) in [6.45, 7) is 4.49. The van der Waals surface area contributed by atoms with Crippen molar-refractivity contribution in [2.45, 2.75) is 20.4 Å². The highest BCUT2D eigenvalue weighted by Gasteiger charge is 2.04. The van der Waals surface area contributed by atoms with E-state index in [0.717, 1.165) is 28.5 Å². The van der Waals surface area contributed by atoms with Gasteiger partial charge in [0.05, 0.1) is 25.0 Å². The molecule has 0 bridgehead atoms. The number of hydrogen-bond donors (Lipinski definition) is 1. The van der Waals surface area contributed by atoms with Gasteiger partial charge in [0, 0.05) is 17.6 Å². The minimum absolute atomic E-state index is 0.575. The van der Waals surface area contributed by atoms with Crippen molar-refractivity contribution in [3.05, 3.63) is 59.7 Å². The maximum absolute atomic E-state index is 5.16. The second-order valence-corrected chi connectivity index (χ2v) is 5.28. The predicted octanol–water partition coefficient (Wildman–Crippen LogP) is 2.90. The Hall–Kier alpha value is -2.89. The number of rotatable bonds is 5. The van der Waals surface area contributed by atoms with Crippen LogP contribution in [0.2, 0.25) is 0 Å². The monoisotopic (exact) mass is 309 g/mol. The maximum atomic E-state index is 5.16. The Morgan fingerprint density at radius 3 is 2.39 bits per heavy atom. The van der Waals surface area contributed by atoms with Gasteiger partial charge in [-0.2, -0.15) is 5.10 Å². The molecule has 0 saturated heterocycles. The maximum Gasteiger partial charge on any atom is 0.223 e. The third-order valence-electron chi connectivity index (χ3n) is 3.39. The number of aromatic nitrogens is 4. The highest BCUT2D eigenvalue weighted by molar-refractivity contribution is 5.37. The van der Waals surface area contributed by atoms with E-state index in [1.807, 2.05) is 61.1 Å². The molecule has 2 aromatic heterocycles. The summed E-state index contributed by atoms with van der Waals surface area (Å²) in [5, 5.41) is 7.76. The first-order valence-corrected chi connectivity index (χ1v) is 7.39. The summed E-state index contributed by atoms with van der Waals surface area (Å²) in [5.41, 5.74) is 3.80. The van der Waals surface area contributed by atoms with Gasteiger partial charge in [0.1, 0.15) is 5.75 Å². The fraction of sp³-hybridized carbons (Fsp3) is 0.235. The van der Waals surface area contributed by atoms with Gasteiger partial charge in [-0.15, -0.1) is 0 Å². The van der Waals surface area contributed by atoms with Crippen LogP contribution in [-0.4, -0.2) is 26.9 Å². The van der Waals surface area contributed by atoms with Crippen LogP contribution in [0.1, 0.15) is 17.1 Å². The van der Waals surface area contributed by atoms with Gasteiger partial charge in [0.2, 0.25) is 5.95 Å². The van der Waals surface area contributed by atoms with E-state index in [2.05, 4.69) is 20.4 Å². The molecule has 0 aliphatic carbocycles. The van der Waals surface area contributed by atoms with E-state index in [1.165, 1.54) is 0 Å². The van der Waals surface area contributed by atoms with Gasteiger partial charge >= 0.3 is 0 Å². The molecule has 1 aromatic carbocycles. The summed E-state index contributed by atoms with van der Waals surface area (Å²) in [6.07, 6.45) is 1.93. The lowest BCUT2D eigenvalue weighted by Gasteiger charge is -2.05. The molecular weight excluding hydrogens is 290 g/mol. The molecule has 1 N–H and O–H groups in total. The minimum atomic E-state index is 0.575. The van der Waals surface area contributed by atoms with Crippen LogP contribution in [0.15, 0.2) is 42.6 Å². The van der Waals surface area contributed by atoms with Gasteiger partial charge in [-0.3, -0.25) is 0 Å². The molecule has 6 heteroatoms. The largest absolute Gasteiger partial charge is 0.497 e. The third kappa shape index (κ3) is 3.66. The van der Waals surface area contributed by atoms with E-state index >= 15 is 0 Å². The van der Waals surface area contributed by atoms with Crippen LogP contribution in [0.25, 0.3) is 5.69 Å². The van der Waals surface area contributed by atoms with Gasteiger partial charge < -0.3 is 10.1 Å². The predicted molar refractivity (Wildman–Crippen MR) is 88.9 cm³/mol. The third-order valence-corrected chi connectivity index (χ3v) is 3.39. The number of benzene rings is 1. The molecule has 0 radical (unpaired) electrons. The first-order chi connectivity index (χ1) is 11.1. The Kier molecular flexibility index (Phi) is 4.23. The number of methoxy groups -OCH3 is 1. The summed E-state index contributed by atoms with van der Waals surface area (Å²) in [4.78, 5) is 8.72. The first kappa shape index (κ1) is 15.0. The zero-order chi connectivity index (χ0) is 16.2. The summed E-state index contributed by atoms with van der Waals surface area (Å²) in [7, 11) is 1.65. The van der Waals surface area contributed by atoms with Crippen molar-refractivity contribution in [1.82, 2.24) is 19.7 Å². The molecule has 0 atom stereocenters. The van der Waals surface area contributed by atoms with Crippen LogP contribution in [0.3, 0.4) is 0 Å². The average Bonchev–Trinajstić information content (AvgIpc) is 3.01. The fourth-order valence-corrected chi connectivity index (χ4v) is 2.31. The molecule has 0 spiro atoms. The van der Waals surface area contributed by atoms with Crippen LogP contribution in [-0.2, 0) is 6.54 Å². The standard InChI is InChI=1S/C17H19N5O/c1-12-10-13(2)20-17(19-12)18-11-14-8-9-22(21-14)15-4-6-16(23-3)7-5-15/h4-10H,11H2,1-3H3,(H,18,19,20). The normalized spacial score (nSPS) is 10.6. The van der Waals surface area contributed by atoms with E-state index < -0.39 is 0 Å². The molecule has 6 nitrogen and oxygen atoms in total. The van der Waals surface area contributed by atoms with Crippen molar-refractivity contribution in [3.63, 3.8) is 0 Å². The molecule has 0 aliphatic rings. The molecule has 3 aromatic rings. The van der Waals surface area contributed by atoms with E-state index in [9.17, 15) is 0 Å². The van der Waals surface area contributed by atoms with Gasteiger partial charge in [-0.1, -0.05) is 0 Å². The lowest BCUT2D eigenvalue weighted by atomic mass is 10.3. The summed E-state index contributed by atoms with van der Waals surface area (Å²) >= 11 is 0. The van der Waals surface area contributed by atoms with Crippen molar-refractivity contribution in [1.29, 1.82) is 0 Å². The quantitative estimate of drug-likeness (QED) is 0.785. The topological polar surface area (TPSA) is 64.9 Å². The molecule has 0 unspecified atom stereocenters. The van der Waals surface area contributed by atoms with E-state index in [1.54, 1.807) is 7.11 Å². The Morgan fingerprint density at radius 2 is 1.74 bits per heavy atom. The Bertz CT molecular complexity index is 775. The molecule has 118 valence electrons. The second-order valence-electron chi connectivity index (χ2n) is 5.28. The van der Waals surface area contributed by atoms with E-state index in [0.29, 0.717) is 12.5 Å². The lowest BCUT2D eigenvalue weighted by Crippen LogP contribution is -2.06. The van der Waals surface area contributed by atoms with Gasteiger partial charge in [-0.25, -0.2) is 14.6 Å². The second kappa shape index (κ2) is 6.48. The zero-order valence-corrected chi connectivity index (χ0v) is 13.4. The number of anilines is 1. The number of nitrogens with one attached hydrogen (secondary N) is 1. The first-order valence-electron chi connectivity index (χ1n) is 7.39. The lowest BCUT2D eigenvalue weighted by molar-refractivity contribution is 0.414. The van der Waals surface area contributed by atoms with Crippen LogP contribution in [0.4, 0.5) is 5.95 Å². The van der Waals surface area contributed by atoms with Crippen LogP contribution in [0.5, 0.6) is 5.75 Å². The smallest absolute Gasteiger partial charge is 0.223 e. The molecule has 0 aliphatic heterocycles. The highest BCUT2D eigenvalue weighted by Crippen LogP contribution is 2.15. The number of ether oxygens (including phenoxy) is 1. The van der Waals surface area contributed by atoms with Gasteiger partial charge in [-0.05, 0) is 50.2 Å². The van der Waals surface area contributed by atoms with Gasteiger partial charge in [0.15, 0.2) is 0 Å².